The number of nitrogens with one attached hydrogen (secondary N) is 1. The Labute approximate surface area is 133 Å². The number of alkyl halides is 6. The number of carbonyl (C=O) groups excluding carboxylic acids is 3. The molecular weight excluding hydrogens is 368 g/mol. The highest BCUT2D eigenvalue weighted by atomic mass is 28.4. The van der Waals surface area contributed by atoms with Gasteiger partial charge in [0.05, 0.1) is 0 Å². The number of hydrogen-bond acceptors (Lipinski definition) is 5. The first-order valence-electron chi connectivity index (χ1n) is 6.33. The third-order valence-electron chi connectivity index (χ3n) is 2.20. The molecule has 24 heavy (non-hydrogen) atoms. The molecule has 0 spiro atoms. The van der Waals surface area contributed by atoms with E-state index in [2.05, 4.69) is 4.74 Å². The Kier molecular flexibility index (Phi) is 6.85. The Morgan fingerprint density at radius 2 is 1.42 bits per heavy atom. The minimum atomic E-state index is -5.42. The molecule has 1 amide bonds. The van der Waals surface area contributed by atoms with E-state index in [0.717, 1.165) is 6.92 Å². The van der Waals surface area contributed by atoms with Crippen LogP contribution in [-0.2, 0) is 23.5 Å². The van der Waals surface area contributed by atoms with E-state index in [4.69, 9.17) is 4.43 Å². The standard InChI is InChI=1S/C11H15F6NO5Si/c1-5(22-9(21)11(15,16)17)6(7(19)23-24(2,3)4)18-8(20)10(12,13)14/h5-6H,1-4H3,(H,18,20). The summed E-state index contributed by atoms with van der Waals surface area (Å²) < 4.78 is 82.0. The Hall–Kier alpha value is -1.79. The van der Waals surface area contributed by atoms with E-state index in [0.29, 0.717) is 0 Å². The molecule has 0 aromatic rings. The minimum Gasteiger partial charge on any atom is -0.518 e. The second-order valence-electron chi connectivity index (χ2n) is 5.59. The number of halogens is 6. The molecule has 1 N–H and O–H groups in total. The SMILES string of the molecule is CC(OC(=O)C(F)(F)F)C(NC(=O)C(F)(F)F)C(=O)O[Si](C)(C)C. The summed E-state index contributed by atoms with van der Waals surface area (Å²) in [5.41, 5.74) is 0. The third kappa shape index (κ3) is 7.65. The molecule has 13 heteroatoms. The van der Waals surface area contributed by atoms with E-state index in [1.807, 2.05) is 0 Å². The predicted molar refractivity (Wildman–Crippen MR) is 69.0 cm³/mol. The van der Waals surface area contributed by atoms with E-state index in [9.17, 15) is 40.7 Å². The van der Waals surface area contributed by atoms with Gasteiger partial charge in [0, 0.05) is 0 Å². The van der Waals surface area contributed by atoms with E-state index in [-0.39, 0.29) is 0 Å². The Balaban J connectivity index is 5.35. The molecule has 0 aliphatic heterocycles. The van der Waals surface area contributed by atoms with Gasteiger partial charge in [0.1, 0.15) is 6.10 Å². The van der Waals surface area contributed by atoms with Gasteiger partial charge in [-0.1, -0.05) is 0 Å². The quantitative estimate of drug-likeness (QED) is 0.446. The topological polar surface area (TPSA) is 81.7 Å². The van der Waals surface area contributed by atoms with Crippen LogP contribution in [0, 0.1) is 0 Å². The van der Waals surface area contributed by atoms with Crippen molar-refractivity contribution >= 4 is 26.2 Å². The second-order valence-corrected chi connectivity index (χ2v) is 10.0. The summed E-state index contributed by atoms with van der Waals surface area (Å²) in [5.74, 6) is -6.74. The van der Waals surface area contributed by atoms with E-state index in [1.54, 1.807) is 0 Å². The molecule has 0 aromatic carbocycles. The maximum atomic E-state index is 12.3. The summed E-state index contributed by atoms with van der Waals surface area (Å²) in [4.78, 5) is 33.5. The molecule has 6 nitrogen and oxygen atoms in total. The molecule has 0 saturated heterocycles. The van der Waals surface area contributed by atoms with Crippen molar-refractivity contribution in [2.45, 2.75) is 51.1 Å². The van der Waals surface area contributed by atoms with Crippen molar-refractivity contribution in [2.75, 3.05) is 0 Å². The lowest BCUT2D eigenvalue weighted by molar-refractivity contribution is -0.206. The zero-order valence-corrected chi connectivity index (χ0v) is 14.0. The Morgan fingerprint density at radius 1 is 0.958 bits per heavy atom. The highest BCUT2D eigenvalue weighted by Gasteiger charge is 2.46. The van der Waals surface area contributed by atoms with Crippen LogP contribution < -0.4 is 5.32 Å². The van der Waals surface area contributed by atoms with Crippen LogP contribution in [0.3, 0.4) is 0 Å². The highest BCUT2D eigenvalue weighted by molar-refractivity contribution is 6.71. The predicted octanol–water partition coefficient (Wildman–Crippen LogP) is 1.91. The van der Waals surface area contributed by atoms with Gasteiger partial charge in [-0.15, -0.1) is 0 Å². The molecule has 140 valence electrons. The molecule has 2 atom stereocenters. The van der Waals surface area contributed by atoms with Crippen LogP contribution in [0.15, 0.2) is 0 Å². The fraction of sp³-hybridized carbons (Fsp3) is 0.727. The summed E-state index contributed by atoms with van der Waals surface area (Å²) in [6.45, 7) is 5.14. The summed E-state index contributed by atoms with van der Waals surface area (Å²) in [6.07, 6.45) is -12.9. The van der Waals surface area contributed by atoms with Crippen molar-refractivity contribution in [3.8, 4) is 0 Å². The van der Waals surface area contributed by atoms with Crippen LogP contribution in [0.5, 0.6) is 0 Å². The first-order valence-corrected chi connectivity index (χ1v) is 9.74. The van der Waals surface area contributed by atoms with Gasteiger partial charge in [-0.05, 0) is 26.6 Å². The first kappa shape index (κ1) is 22.2. The van der Waals surface area contributed by atoms with Gasteiger partial charge in [-0.3, -0.25) is 9.59 Å². The smallest absolute Gasteiger partial charge is 0.490 e. The van der Waals surface area contributed by atoms with Gasteiger partial charge < -0.3 is 14.5 Å². The van der Waals surface area contributed by atoms with Gasteiger partial charge in [0.25, 0.3) is 0 Å². The number of amides is 1. The van der Waals surface area contributed by atoms with E-state index >= 15 is 0 Å². The molecule has 0 heterocycles. The number of rotatable bonds is 5. The maximum absolute atomic E-state index is 12.3. The molecule has 0 radical (unpaired) electrons. The first-order chi connectivity index (χ1) is 10.4. The molecule has 0 aliphatic rings. The zero-order valence-electron chi connectivity index (χ0n) is 13.0. The minimum absolute atomic E-state index is 0.719. The van der Waals surface area contributed by atoms with Crippen molar-refractivity contribution in [3.05, 3.63) is 0 Å². The molecule has 0 aliphatic carbocycles. The third-order valence-corrected chi connectivity index (χ3v) is 3.01. The van der Waals surface area contributed by atoms with Gasteiger partial charge in [-0.25, -0.2) is 4.79 Å². The fourth-order valence-corrected chi connectivity index (χ4v) is 1.99. The van der Waals surface area contributed by atoms with Gasteiger partial charge in [0.15, 0.2) is 6.04 Å². The fourth-order valence-electron chi connectivity index (χ4n) is 1.26. The summed E-state index contributed by atoms with van der Waals surface area (Å²) >= 11 is 0. The van der Waals surface area contributed by atoms with Gasteiger partial charge in [-0.2, -0.15) is 26.3 Å². The average molecular weight is 383 g/mol. The average Bonchev–Trinajstić information content (AvgIpc) is 2.30. The Morgan fingerprint density at radius 3 is 1.75 bits per heavy atom. The van der Waals surface area contributed by atoms with Crippen molar-refractivity contribution < 1.29 is 49.9 Å². The molecule has 0 rings (SSSR count). The lowest BCUT2D eigenvalue weighted by atomic mass is 10.2. The van der Waals surface area contributed by atoms with Crippen molar-refractivity contribution in [2.24, 2.45) is 0 Å². The normalized spacial score (nSPS) is 15.2. The number of hydrogen-bond donors (Lipinski definition) is 1. The van der Waals surface area contributed by atoms with Gasteiger partial charge >= 0.3 is 30.2 Å². The zero-order chi connectivity index (χ0) is 19.5. The van der Waals surface area contributed by atoms with Crippen molar-refractivity contribution in [1.29, 1.82) is 0 Å². The van der Waals surface area contributed by atoms with Crippen molar-refractivity contribution in [1.82, 2.24) is 5.32 Å². The lowest BCUT2D eigenvalue weighted by Crippen LogP contribution is -2.55. The Bertz CT molecular complexity index is 499. The molecule has 0 saturated carbocycles. The maximum Gasteiger partial charge on any atom is 0.490 e. The van der Waals surface area contributed by atoms with Crippen LogP contribution in [0.4, 0.5) is 26.3 Å². The molecular formula is C11H15F6NO5Si. The highest BCUT2D eigenvalue weighted by Crippen LogP contribution is 2.20. The lowest BCUT2D eigenvalue weighted by Gasteiger charge is -2.27. The summed E-state index contributed by atoms with van der Waals surface area (Å²) in [5, 5.41) is 1.18. The molecule has 0 bridgehead atoms. The number of carbonyl (C=O) groups is 3. The molecule has 0 aromatic heterocycles. The molecule has 0 fully saturated rings. The largest absolute Gasteiger partial charge is 0.518 e. The summed E-state index contributed by atoms with van der Waals surface area (Å²) in [7, 11) is -2.65. The number of esters is 1. The van der Waals surface area contributed by atoms with Crippen LogP contribution in [0.25, 0.3) is 0 Å². The van der Waals surface area contributed by atoms with E-state index in [1.165, 1.54) is 25.0 Å². The van der Waals surface area contributed by atoms with Gasteiger partial charge in [0.2, 0.25) is 8.32 Å². The second kappa shape index (κ2) is 7.40. The molecule has 2 unspecified atom stereocenters. The summed E-state index contributed by atoms with van der Waals surface area (Å²) in [6, 6.07) is -2.25. The van der Waals surface area contributed by atoms with Crippen LogP contribution in [0.1, 0.15) is 6.92 Å². The van der Waals surface area contributed by atoms with E-state index < -0.39 is 50.7 Å². The van der Waals surface area contributed by atoms with Crippen LogP contribution >= 0.6 is 0 Å². The van der Waals surface area contributed by atoms with Crippen LogP contribution in [-0.4, -0.2) is 50.7 Å². The van der Waals surface area contributed by atoms with Crippen LogP contribution in [0.2, 0.25) is 19.6 Å². The number of ether oxygens (including phenoxy) is 1. The monoisotopic (exact) mass is 383 g/mol. The van der Waals surface area contributed by atoms with Crippen molar-refractivity contribution in [3.63, 3.8) is 0 Å².